The predicted molar refractivity (Wildman–Crippen MR) is 128 cm³/mol. The number of aromatic nitrogens is 1. The normalized spacial score (nSPS) is 26.8. The van der Waals surface area contributed by atoms with Gasteiger partial charge in [-0.05, 0) is 48.4 Å². The van der Waals surface area contributed by atoms with Crippen molar-refractivity contribution in [3.05, 3.63) is 58.0 Å². The number of hydrogen-bond acceptors (Lipinski definition) is 5. The molecule has 0 spiro atoms. The zero-order chi connectivity index (χ0) is 22.2. The number of nitrogens with zero attached hydrogens (tertiary/aromatic N) is 3. The summed E-state index contributed by atoms with van der Waals surface area (Å²) in [7, 11) is 0. The summed E-state index contributed by atoms with van der Waals surface area (Å²) in [6.07, 6.45) is 3.50. The second-order valence-electron chi connectivity index (χ2n) is 10.2. The van der Waals surface area contributed by atoms with E-state index in [1.807, 2.05) is 0 Å². The van der Waals surface area contributed by atoms with E-state index in [1.54, 1.807) is 0 Å². The van der Waals surface area contributed by atoms with Gasteiger partial charge in [0.2, 0.25) is 0 Å². The molecule has 0 amide bonds. The first kappa shape index (κ1) is 21.5. The first-order valence-electron chi connectivity index (χ1n) is 12.7. The van der Waals surface area contributed by atoms with E-state index in [-0.39, 0.29) is 5.56 Å². The summed E-state index contributed by atoms with van der Waals surface area (Å²) in [5, 5.41) is 0. The van der Waals surface area contributed by atoms with Crippen molar-refractivity contribution in [3.63, 3.8) is 0 Å². The smallest absolute Gasteiger partial charge is 0.258 e. The molecule has 2 aromatic rings. The number of morpholine rings is 1. The van der Waals surface area contributed by atoms with Gasteiger partial charge in [0.05, 0.1) is 13.2 Å². The minimum absolute atomic E-state index is 0.191. The fraction of sp³-hybridized carbons (Fsp3) is 0.593. The molecule has 0 unspecified atom stereocenters. The predicted octanol–water partition coefficient (Wildman–Crippen LogP) is 2.95. The van der Waals surface area contributed by atoms with E-state index in [4.69, 9.17) is 9.47 Å². The summed E-state index contributed by atoms with van der Waals surface area (Å²) < 4.78 is 13.2. The van der Waals surface area contributed by atoms with Crippen molar-refractivity contribution in [2.24, 2.45) is 5.92 Å². The first-order valence-corrected chi connectivity index (χ1v) is 12.7. The van der Waals surface area contributed by atoms with Crippen LogP contribution in [0, 0.1) is 5.92 Å². The third-order valence-corrected chi connectivity index (χ3v) is 8.14. The Kier molecular flexibility index (Phi) is 6.09. The monoisotopic (exact) mass is 449 g/mol. The van der Waals surface area contributed by atoms with Gasteiger partial charge >= 0.3 is 0 Å². The standard InChI is InChI=1S/C27H35N3O3/c31-27-25(24-4-2-1-3-21(24)18-28-9-13-33-14-10-28)5-6-26-22-15-20(17-30(26)27)16-29(19-22)23-7-11-32-12-8-23/h1-6,20,22-23H,7-19H2/t20-,22+/m0/s1. The van der Waals surface area contributed by atoms with Crippen molar-refractivity contribution in [1.82, 2.24) is 14.4 Å². The van der Waals surface area contributed by atoms with E-state index >= 15 is 0 Å². The number of benzene rings is 1. The zero-order valence-corrected chi connectivity index (χ0v) is 19.5. The molecule has 3 saturated heterocycles. The Hall–Kier alpha value is -1.99. The number of hydrogen-bond donors (Lipinski definition) is 0. The molecule has 4 aliphatic rings. The molecule has 0 saturated carbocycles. The van der Waals surface area contributed by atoms with Crippen LogP contribution in [0.25, 0.3) is 11.1 Å². The van der Waals surface area contributed by atoms with Gasteiger partial charge < -0.3 is 14.0 Å². The Morgan fingerprint density at radius 3 is 2.48 bits per heavy atom. The average molecular weight is 450 g/mol. The van der Waals surface area contributed by atoms with Gasteiger partial charge in [-0.1, -0.05) is 24.3 Å². The van der Waals surface area contributed by atoms with Crippen LogP contribution in [-0.2, 0) is 22.6 Å². The third-order valence-electron chi connectivity index (χ3n) is 8.14. The van der Waals surface area contributed by atoms with Gasteiger partial charge in [-0.25, -0.2) is 0 Å². The second kappa shape index (κ2) is 9.34. The molecule has 0 aliphatic carbocycles. The van der Waals surface area contributed by atoms with Crippen molar-refractivity contribution in [2.75, 3.05) is 52.6 Å². The maximum Gasteiger partial charge on any atom is 0.258 e. The van der Waals surface area contributed by atoms with Crippen molar-refractivity contribution in [1.29, 1.82) is 0 Å². The summed E-state index contributed by atoms with van der Waals surface area (Å²) in [5.74, 6) is 1.03. The van der Waals surface area contributed by atoms with Gasteiger partial charge in [0.25, 0.3) is 5.56 Å². The van der Waals surface area contributed by atoms with Crippen molar-refractivity contribution >= 4 is 0 Å². The van der Waals surface area contributed by atoms with E-state index in [0.717, 1.165) is 89.7 Å². The highest BCUT2D eigenvalue weighted by atomic mass is 16.5. The third kappa shape index (κ3) is 4.30. The topological polar surface area (TPSA) is 46.9 Å². The maximum absolute atomic E-state index is 13.8. The summed E-state index contributed by atoms with van der Waals surface area (Å²) in [6, 6.07) is 13.4. The summed E-state index contributed by atoms with van der Waals surface area (Å²) in [4.78, 5) is 18.9. The fourth-order valence-corrected chi connectivity index (χ4v) is 6.46. The molecule has 5 heterocycles. The Morgan fingerprint density at radius 1 is 0.848 bits per heavy atom. The number of fused-ring (bicyclic) bond motifs is 4. The van der Waals surface area contributed by atoms with E-state index < -0.39 is 0 Å². The molecule has 1 aromatic carbocycles. The lowest BCUT2D eigenvalue weighted by Crippen LogP contribution is -2.51. The van der Waals surface area contributed by atoms with Crippen molar-refractivity contribution < 1.29 is 9.47 Å². The maximum atomic E-state index is 13.8. The average Bonchev–Trinajstić information content (AvgIpc) is 2.86. The van der Waals surface area contributed by atoms with Gasteiger partial charge in [0, 0.05) is 75.7 Å². The Bertz CT molecular complexity index is 1040. The largest absolute Gasteiger partial charge is 0.381 e. The summed E-state index contributed by atoms with van der Waals surface area (Å²) in [5.41, 5.74) is 4.60. The van der Waals surface area contributed by atoms with Gasteiger partial charge in [-0.2, -0.15) is 0 Å². The van der Waals surface area contributed by atoms with Crippen LogP contribution in [0.15, 0.2) is 41.2 Å². The van der Waals surface area contributed by atoms with Crippen molar-refractivity contribution in [2.45, 2.75) is 44.3 Å². The second-order valence-corrected chi connectivity index (χ2v) is 10.2. The Morgan fingerprint density at radius 2 is 1.64 bits per heavy atom. The highest BCUT2D eigenvalue weighted by molar-refractivity contribution is 5.66. The van der Waals surface area contributed by atoms with Crippen LogP contribution in [0.5, 0.6) is 0 Å². The molecule has 6 rings (SSSR count). The molecule has 2 bridgehead atoms. The van der Waals surface area contributed by atoms with E-state index in [9.17, 15) is 4.79 Å². The molecule has 2 atom stereocenters. The van der Waals surface area contributed by atoms with E-state index in [1.165, 1.54) is 17.7 Å². The van der Waals surface area contributed by atoms with Gasteiger partial charge in [-0.3, -0.25) is 14.6 Å². The van der Waals surface area contributed by atoms with Crippen molar-refractivity contribution in [3.8, 4) is 11.1 Å². The van der Waals surface area contributed by atoms with Crippen LogP contribution < -0.4 is 5.56 Å². The minimum Gasteiger partial charge on any atom is -0.381 e. The SMILES string of the molecule is O=c1c(-c2ccccc2CN2CCOCC2)ccc2n1C[C@H]1C[C@@H]2CN(C2CCOCC2)C1. The highest BCUT2D eigenvalue weighted by Gasteiger charge is 2.37. The highest BCUT2D eigenvalue weighted by Crippen LogP contribution is 2.37. The fourth-order valence-electron chi connectivity index (χ4n) is 6.46. The molecule has 1 aromatic heterocycles. The molecule has 176 valence electrons. The Labute approximate surface area is 196 Å². The first-order chi connectivity index (χ1) is 16.3. The number of likely N-dealkylation sites (tertiary alicyclic amines) is 1. The van der Waals surface area contributed by atoms with Gasteiger partial charge in [0.15, 0.2) is 0 Å². The number of ether oxygens (including phenoxy) is 2. The van der Waals surface area contributed by atoms with Gasteiger partial charge in [-0.15, -0.1) is 0 Å². The molecule has 3 fully saturated rings. The molecule has 33 heavy (non-hydrogen) atoms. The number of pyridine rings is 1. The molecule has 0 N–H and O–H groups in total. The van der Waals surface area contributed by atoms with Crippen LogP contribution in [0.2, 0.25) is 0 Å². The van der Waals surface area contributed by atoms with E-state index in [2.05, 4.69) is 50.8 Å². The lowest BCUT2D eigenvalue weighted by atomic mass is 9.81. The van der Waals surface area contributed by atoms with Gasteiger partial charge in [0.1, 0.15) is 0 Å². The lowest BCUT2D eigenvalue weighted by Gasteiger charge is -2.46. The molecule has 6 nitrogen and oxygen atoms in total. The molecular formula is C27H35N3O3. The quantitative estimate of drug-likeness (QED) is 0.718. The number of rotatable bonds is 4. The lowest BCUT2D eigenvalue weighted by molar-refractivity contribution is 0.00589. The summed E-state index contributed by atoms with van der Waals surface area (Å²) in [6.45, 7) is 9.16. The van der Waals surface area contributed by atoms with Crippen LogP contribution in [0.4, 0.5) is 0 Å². The number of piperidine rings is 1. The van der Waals surface area contributed by atoms with Crippen LogP contribution >= 0.6 is 0 Å². The summed E-state index contributed by atoms with van der Waals surface area (Å²) >= 11 is 0. The van der Waals surface area contributed by atoms with Crippen LogP contribution in [-0.4, -0.2) is 73.0 Å². The molecule has 6 heteroatoms. The van der Waals surface area contributed by atoms with Crippen LogP contribution in [0.1, 0.15) is 36.4 Å². The Balaban J connectivity index is 1.28. The van der Waals surface area contributed by atoms with E-state index in [0.29, 0.717) is 17.9 Å². The molecule has 4 aliphatic heterocycles. The van der Waals surface area contributed by atoms with Crippen LogP contribution in [0.3, 0.4) is 0 Å². The molecule has 0 radical (unpaired) electrons. The zero-order valence-electron chi connectivity index (χ0n) is 19.5. The molecular weight excluding hydrogens is 414 g/mol. The minimum atomic E-state index is 0.191.